The Morgan fingerprint density at radius 2 is 0.596 bits per heavy atom. The Hall–Kier alpha value is -13.1. The van der Waals surface area contributed by atoms with Crippen molar-refractivity contribution in [2.24, 2.45) is 0 Å². The largest absolute Gasteiger partial charge is 0.355 e. The molecule has 19 rings (SSSR count). The molecule has 0 atom stereocenters. The molecular weight excluding hydrogens is 1330 g/mol. The molecule has 0 fully saturated rings. The Labute approximate surface area is 614 Å². The van der Waals surface area contributed by atoms with Crippen molar-refractivity contribution in [1.29, 1.82) is 0 Å². The van der Waals surface area contributed by atoms with E-state index in [1.165, 1.54) is 72.6 Å². The molecule has 6 heteroatoms. The Morgan fingerprint density at radius 3 is 1.01 bits per heavy atom. The number of nitrogens with zero attached hydrogens (tertiary/aromatic N) is 2. The predicted molar refractivity (Wildman–Crippen MR) is 440 cm³/mol. The van der Waals surface area contributed by atoms with Gasteiger partial charge in [0.1, 0.15) is 0 Å². The second-order valence-corrected chi connectivity index (χ2v) is 27.0. The van der Waals surface area contributed by atoms with Crippen molar-refractivity contribution in [3.63, 3.8) is 0 Å². The Morgan fingerprint density at radius 1 is 0.279 bits per heavy atom. The van der Waals surface area contributed by atoms with Crippen LogP contribution in [0.5, 0.6) is 0 Å². The van der Waals surface area contributed by atoms with Crippen molar-refractivity contribution >= 4 is 77.5 Å². The van der Waals surface area contributed by atoms with E-state index in [4.69, 9.17) is 0 Å². The fraction of sp³-hybridized carbons (Fsp3) is 0.0102. The maximum atomic E-state index is 14.1. The van der Waals surface area contributed by atoms with E-state index in [2.05, 4.69) is 333 Å². The molecule has 0 aliphatic carbocycles. The molecule has 1 spiro atoms. The summed E-state index contributed by atoms with van der Waals surface area (Å²) >= 11 is 3.49. The highest BCUT2D eigenvalue weighted by molar-refractivity contribution is 9.10. The van der Waals surface area contributed by atoms with Crippen molar-refractivity contribution in [1.82, 2.24) is 4.57 Å². The summed E-state index contributed by atoms with van der Waals surface area (Å²) in [4.78, 5) is 16.5. The van der Waals surface area contributed by atoms with Crippen LogP contribution in [0.1, 0.15) is 22.3 Å². The molecule has 0 radical (unpaired) electrons. The van der Waals surface area contributed by atoms with Crippen LogP contribution in [0.2, 0.25) is 0 Å². The molecule has 2 aliphatic heterocycles. The van der Waals surface area contributed by atoms with Gasteiger partial charge in [-0.25, -0.2) is 0 Å². The normalized spacial score (nSPS) is 12.1. The van der Waals surface area contributed by atoms with Gasteiger partial charge >= 0.3 is 0 Å². The number of halogens is 1. The number of hydrogen-bond acceptors (Lipinski definition) is 4. The molecule has 0 bridgehead atoms. The third-order valence-corrected chi connectivity index (χ3v) is 20.7. The lowest BCUT2D eigenvalue weighted by Crippen LogP contribution is -2.40. The lowest BCUT2D eigenvalue weighted by atomic mass is 9.60. The highest BCUT2D eigenvalue weighted by atomic mass is 79.9. The van der Waals surface area contributed by atoms with E-state index in [1.807, 2.05) is 109 Å². The van der Waals surface area contributed by atoms with E-state index in [0.717, 1.165) is 77.4 Å². The van der Waals surface area contributed by atoms with Crippen molar-refractivity contribution < 1.29 is 0 Å². The van der Waals surface area contributed by atoms with Crippen LogP contribution in [-0.2, 0) is 5.41 Å². The van der Waals surface area contributed by atoms with Crippen LogP contribution in [-0.4, -0.2) is 4.57 Å². The van der Waals surface area contributed by atoms with Gasteiger partial charge in [-0.05, 0) is 214 Å². The van der Waals surface area contributed by atoms with Crippen molar-refractivity contribution in [3.05, 3.63) is 443 Å². The minimum atomic E-state index is -0.598. The third kappa shape index (κ3) is 12.3. The van der Waals surface area contributed by atoms with E-state index >= 15 is 0 Å². The fourth-order valence-corrected chi connectivity index (χ4v) is 15.4. The van der Waals surface area contributed by atoms with Crippen molar-refractivity contribution in [2.45, 2.75) is 5.41 Å². The number of fused-ring (bicyclic) bond motifs is 10. The highest BCUT2D eigenvalue weighted by Crippen LogP contribution is 2.63. The molecule has 3 heterocycles. The van der Waals surface area contributed by atoms with Gasteiger partial charge in [-0.3, -0.25) is 4.79 Å². The molecule has 0 unspecified atom stereocenters. The Balaban J connectivity index is 0.000000133. The van der Waals surface area contributed by atoms with Gasteiger partial charge < -0.3 is 20.1 Å². The molecule has 0 saturated heterocycles. The number of benzene rings is 16. The molecule has 494 valence electrons. The zero-order valence-corrected chi connectivity index (χ0v) is 58.4. The molecule has 16 aromatic carbocycles. The van der Waals surface area contributed by atoms with E-state index < -0.39 is 5.41 Å². The second-order valence-electron chi connectivity index (χ2n) is 26.2. The average Bonchev–Trinajstić information content (AvgIpc) is 0.679. The Kier molecular flexibility index (Phi) is 17.6. The summed E-state index contributed by atoms with van der Waals surface area (Å²) in [6.07, 6.45) is 0. The summed E-state index contributed by atoms with van der Waals surface area (Å²) in [5, 5.41) is 8.56. The quantitative estimate of drug-likeness (QED) is 0.134. The second kappa shape index (κ2) is 28.5. The molecule has 0 amide bonds. The van der Waals surface area contributed by atoms with Gasteiger partial charge in [0, 0.05) is 43.7 Å². The molecule has 5 nitrogen and oxygen atoms in total. The summed E-state index contributed by atoms with van der Waals surface area (Å²) in [6, 6.07) is 143. The minimum absolute atomic E-state index is 0.0488. The van der Waals surface area contributed by atoms with Crippen LogP contribution in [0.25, 0.3) is 94.3 Å². The van der Waals surface area contributed by atoms with Gasteiger partial charge in [0.2, 0.25) is 0 Å². The van der Waals surface area contributed by atoms with Gasteiger partial charge in [-0.2, -0.15) is 0 Å². The number of hydrogen-bond donors (Lipinski definition) is 2. The van der Waals surface area contributed by atoms with Crippen LogP contribution >= 0.6 is 15.9 Å². The standard InChI is InChI=1S/C49H34N2.C37H25NO.C12H10BrN/c1-4-14-34(15-5-1)37-24-28-40(29-25-37)51-47-30-26-38(35-16-6-2-7-17-35)32-43(47)49(44-33-39(27-31-48(44)51)36-18-8-3-9-19-36)41-20-10-12-22-45(41)50-46-23-13-11-21-42(46)49;39-37-33-24-30(27-12-6-2-7-13-27)18-22-35(33)38(32-20-16-29(17-21-32)26-10-4-1-5-11-26)36-23-19-31(25-34(36)37)28-14-8-3-9-15-28;13-11-8-4-5-9-12(11)14-10-6-2-1-3-7-10/h1-33,50H;1-25H;1-9,14H. The molecule has 104 heavy (non-hydrogen) atoms. The first-order chi connectivity index (χ1) is 51.4. The first kappa shape index (κ1) is 64.3. The van der Waals surface area contributed by atoms with Gasteiger partial charge in [0.15, 0.2) is 5.43 Å². The number of rotatable bonds is 10. The van der Waals surface area contributed by atoms with E-state index in [0.29, 0.717) is 10.8 Å². The number of nitrogens with one attached hydrogen (secondary N) is 2. The molecule has 1 aromatic heterocycles. The van der Waals surface area contributed by atoms with E-state index in [1.54, 1.807) is 0 Å². The van der Waals surface area contributed by atoms with Crippen LogP contribution in [0.15, 0.2) is 416 Å². The van der Waals surface area contributed by atoms with Crippen molar-refractivity contribution in [3.8, 4) is 72.4 Å². The number of aromatic nitrogens is 1. The lowest BCUT2D eigenvalue weighted by Gasteiger charge is -2.49. The summed E-state index contributed by atoms with van der Waals surface area (Å²) in [7, 11) is 0. The maximum absolute atomic E-state index is 14.1. The van der Waals surface area contributed by atoms with Gasteiger partial charge in [-0.1, -0.05) is 297 Å². The molecular formula is C98H69BrN4O. The molecule has 0 saturated carbocycles. The van der Waals surface area contributed by atoms with Crippen LogP contribution in [0, 0.1) is 0 Å². The van der Waals surface area contributed by atoms with Gasteiger partial charge in [-0.15, -0.1) is 0 Å². The van der Waals surface area contributed by atoms with E-state index in [-0.39, 0.29) is 5.43 Å². The SMILES string of the molecule is Brc1ccccc1Nc1ccccc1.O=c1c2cc(-c3ccccc3)ccc2n(-c2ccc(-c3ccccc3)cc2)c2ccc(-c3ccccc3)cc12.c1ccc(-c2ccc(N3c4ccc(-c5ccccc5)cc4C4(c5ccccc5Nc5ccccc54)c4cc(-c5ccccc5)ccc43)cc2)cc1. The van der Waals surface area contributed by atoms with Crippen LogP contribution < -0.4 is 21.0 Å². The summed E-state index contributed by atoms with van der Waals surface area (Å²) in [5.74, 6) is 0. The summed E-state index contributed by atoms with van der Waals surface area (Å²) in [5.41, 5.74) is 29.0. The van der Waals surface area contributed by atoms with Crippen molar-refractivity contribution in [2.75, 3.05) is 15.5 Å². The average molecular weight is 1400 g/mol. The monoisotopic (exact) mass is 1400 g/mol. The molecule has 17 aromatic rings. The highest BCUT2D eigenvalue weighted by Gasteiger charge is 2.50. The zero-order valence-electron chi connectivity index (χ0n) is 56.9. The predicted octanol–water partition coefficient (Wildman–Crippen LogP) is 26.2. The number of anilines is 7. The molecule has 2 aliphatic rings. The van der Waals surface area contributed by atoms with Gasteiger partial charge in [0.25, 0.3) is 0 Å². The third-order valence-electron chi connectivity index (χ3n) is 20.0. The Bertz CT molecular complexity index is 5730. The van der Waals surface area contributed by atoms with E-state index in [9.17, 15) is 4.79 Å². The van der Waals surface area contributed by atoms with Gasteiger partial charge in [0.05, 0.1) is 33.5 Å². The zero-order chi connectivity index (χ0) is 69.8. The lowest BCUT2D eigenvalue weighted by molar-refractivity contribution is 0.728. The summed E-state index contributed by atoms with van der Waals surface area (Å²) in [6.45, 7) is 0. The number of pyridine rings is 1. The first-order valence-corrected chi connectivity index (χ1v) is 36.0. The topological polar surface area (TPSA) is 49.3 Å². The smallest absolute Gasteiger partial charge is 0.197 e. The first-order valence-electron chi connectivity index (χ1n) is 35.2. The minimum Gasteiger partial charge on any atom is -0.355 e. The maximum Gasteiger partial charge on any atom is 0.197 e. The number of para-hydroxylation sites is 4. The van der Waals surface area contributed by atoms with Crippen LogP contribution in [0.4, 0.5) is 39.8 Å². The summed E-state index contributed by atoms with van der Waals surface area (Å²) < 4.78 is 3.29. The van der Waals surface area contributed by atoms with Crippen LogP contribution in [0.3, 0.4) is 0 Å². The molecule has 2 N–H and O–H groups in total. The fourth-order valence-electron chi connectivity index (χ4n) is 15.1.